The van der Waals surface area contributed by atoms with E-state index in [4.69, 9.17) is 4.74 Å². The van der Waals surface area contributed by atoms with Crippen molar-refractivity contribution < 1.29 is 4.74 Å². The van der Waals surface area contributed by atoms with Gasteiger partial charge in [0.1, 0.15) is 0 Å². The summed E-state index contributed by atoms with van der Waals surface area (Å²) in [7, 11) is 0. The molecular formula is C13H24OS. The average Bonchev–Trinajstić information content (AvgIpc) is 2.13. The first-order valence-corrected chi connectivity index (χ1v) is 7.22. The molecule has 15 heavy (non-hydrogen) atoms. The van der Waals surface area contributed by atoms with E-state index in [2.05, 4.69) is 32.5 Å². The van der Waals surface area contributed by atoms with Crippen molar-refractivity contribution in [3.05, 3.63) is 11.8 Å². The Kier molecular flexibility index (Phi) is 6.23. The lowest BCUT2D eigenvalue weighted by molar-refractivity contribution is 0.0926. The maximum Gasteiger partial charge on any atom is 0.0978 e. The van der Waals surface area contributed by atoms with Gasteiger partial charge in [-0.15, -0.1) is 0 Å². The summed E-state index contributed by atoms with van der Waals surface area (Å²) in [5, 5.41) is 0. The molecule has 0 aromatic heterocycles. The van der Waals surface area contributed by atoms with Crippen molar-refractivity contribution in [3.8, 4) is 0 Å². The second-order valence-corrected chi connectivity index (χ2v) is 5.92. The largest absolute Gasteiger partial charge is 0.498 e. The monoisotopic (exact) mass is 228 g/mol. The Morgan fingerprint density at radius 1 is 1.27 bits per heavy atom. The number of ether oxygens (including phenoxy) is 1. The molecule has 0 aromatic rings. The molecule has 1 aliphatic rings. The van der Waals surface area contributed by atoms with Crippen molar-refractivity contribution in [1.82, 2.24) is 0 Å². The van der Waals surface area contributed by atoms with Gasteiger partial charge in [0.2, 0.25) is 0 Å². The van der Waals surface area contributed by atoms with Gasteiger partial charge in [-0.1, -0.05) is 6.42 Å². The van der Waals surface area contributed by atoms with E-state index >= 15 is 0 Å². The lowest BCUT2D eigenvalue weighted by Gasteiger charge is -2.25. The summed E-state index contributed by atoms with van der Waals surface area (Å²) >= 11 is 2.10. The molecule has 1 nitrogen and oxygen atoms in total. The van der Waals surface area contributed by atoms with Crippen LogP contribution < -0.4 is 0 Å². The zero-order valence-electron chi connectivity index (χ0n) is 10.3. The third-order valence-corrected chi connectivity index (χ3v) is 4.03. The first kappa shape index (κ1) is 13.0. The molecule has 0 bridgehead atoms. The van der Waals surface area contributed by atoms with Crippen LogP contribution in [0.2, 0.25) is 0 Å². The summed E-state index contributed by atoms with van der Waals surface area (Å²) in [6.45, 7) is 6.39. The molecule has 1 aliphatic heterocycles. The summed E-state index contributed by atoms with van der Waals surface area (Å²) in [4.78, 5) is 0. The second-order valence-electron chi connectivity index (χ2n) is 4.69. The van der Waals surface area contributed by atoms with E-state index < -0.39 is 0 Å². The Bertz CT molecular complexity index is 189. The van der Waals surface area contributed by atoms with Gasteiger partial charge >= 0.3 is 0 Å². The molecule has 2 heteroatoms. The van der Waals surface area contributed by atoms with Crippen LogP contribution in [-0.4, -0.2) is 17.6 Å². The smallest absolute Gasteiger partial charge is 0.0978 e. The summed E-state index contributed by atoms with van der Waals surface area (Å²) < 4.78 is 5.77. The number of hydrogen-bond donors (Lipinski definition) is 0. The number of allylic oxidation sites excluding steroid dienone is 1. The van der Waals surface area contributed by atoms with Gasteiger partial charge in [0.15, 0.2) is 0 Å². The SMILES string of the molecule is CC(C)=COC(C)C1CCCCSCC1. The molecule has 0 N–H and O–H groups in total. The van der Waals surface area contributed by atoms with Gasteiger partial charge in [-0.25, -0.2) is 0 Å². The third kappa shape index (κ3) is 5.50. The number of thioether (sulfide) groups is 1. The standard InChI is InChI=1S/C13H24OS/c1-11(2)10-14-12(3)13-6-4-5-8-15-9-7-13/h10,12-13H,4-9H2,1-3H3. The predicted octanol–water partition coefficient (Wildman–Crippen LogP) is 4.24. The minimum atomic E-state index is 0.388. The van der Waals surface area contributed by atoms with Gasteiger partial charge in [-0.05, 0) is 63.0 Å². The van der Waals surface area contributed by atoms with Gasteiger partial charge in [0, 0.05) is 0 Å². The molecule has 2 atom stereocenters. The average molecular weight is 228 g/mol. The van der Waals surface area contributed by atoms with Gasteiger partial charge in [0.25, 0.3) is 0 Å². The lowest BCUT2D eigenvalue weighted by Crippen LogP contribution is -2.21. The van der Waals surface area contributed by atoms with Gasteiger partial charge in [-0.2, -0.15) is 11.8 Å². The summed E-state index contributed by atoms with van der Waals surface area (Å²) in [5.74, 6) is 3.43. The van der Waals surface area contributed by atoms with Crippen LogP contribution in [0.25, 0.3) is 0 Å². The molecular weight excluding hydrogens is 204 g/mol. The van der Waals surface area contributed by atoms with Crippen molar-refractivity contribution in [2.24, 2.45) is 5.92 Å². The van der Waals surface area contributed by atoms with Gasteiger partial charge in [-0.3, -0.25) is 0 Å². The molecule has 1 heterocycles. The highest BCUT2D eigenvalue weighted by Gasteiger charge is 2.18. The molecule has 0 radical (unpaired) electrons. The predicted molar refractivity (Wildman–Crippen MR) is 69.3 cm³/mol. The minimum absolute atomic E-state index is 0.388. The van der Waals surface area contributed by atoms with Crippen molar-refractivity contribution in [2.45, 2.75) is 52.6 Å². The van der Waals surface area contributed by atoms with Crippen LogP contribution in [0.1, 0.15) is 46.5 Å². The number of rotatable bonds is 3. The zero-order chi connectivity index (χ0) is 11.1. The van der Waals surface area contributed by atoms with E-state index in [0.29, 0.717) is 6.10 Å². The van der Waals surface area contributed by atoms with Crippen molar-refractivity contribution in [1.29, 1.82) is 0 Å². The highest BCUT2D eigenvalue weighted by atomic mass is 32.2. The van der Waals surface area contributed by atoms with Crippen molar-refractivity contribution >= 4 is 11.8 Å². The molecule has 0 aromatic carbocycles. The molecule has 0 saturated carbocycles. The fourth-order valence-electron chi connectivity index (χ4n) is 1.92. The van der Waals surface area contributed by atoms with Crippen LogP contribution >= 0.6 is 11.8 Å². The molecule has 0 amide bonds. The highest BCUT2D eigenvalue weighted by molar-refractivity contribution is 7.99. The maximum absolute atomic E-state index is 5.77. The Labute approximate surface area is 98.7 Å². The van der Waals surface area contributed by atoms with Crippen LogP contribution in [-0.2, 0) is 4.74 Å². The van der Waals surface area contributed by atoms with Gasteiger partial charge in [0.05, 0.1) is 12.4 Å². The minimum Gasteiger partial charge on any atom is -0.498 e. The first-order chi connectivity index (χ1) is 7.20. The maximum atomic E-state index is 5.77. The summed E-state index contributed by atoms with van der Waals surface area (Å²) in [6, 6.07) is 0. The Balaban J connectivity index is 2.34. The van der Waals surface area contributed by atoms with Crippen LogP contribution in [0.3, 0.4) is 0 Å². The molecule has 0 aliphatic carbocycles. The molecule has 2 unspecified atom stereocenters. The Morgan fingerprint density at radius 3 is 2.80 bits per heavy atom. The van der Waals surface area contributed by atoms with E-state index in [1.807, 2.05) is 6.26 Å². The van der Waals surface area contributed by atoms with Crippen molar-refractivity contribution in [2.75, 3.05) is 11.5 Å². The Morgan fingerprint density at radius 2 is 2.07 bits per heavy atom. The van der Waals surface area contributed by atoms with Crippen LogP contribution in [0.15, 0.2) is 11.8 Å². The van der Waals surface area contributed by atoms with Crippen LogP contribution in [0.4, 0.5) is 0 Å². The Hall–Kier alpha value is -0.110. The number of hydrogen-bond acceptors (Lipinski definition) is 2. The van der Waals surface area contributed by atoms with E-state index in [0.717, 1.165) is 5.92 Å². The third-order valence-electron chi connectivity index (χ3n) is 2.93. The van der Waals surface area contributed by atoms with Crippen molar-refractivity contribution in [3.63, 3.8) is 0 Å². The fourth-order valence-corrected chi connectivity index (χ4v) is 3.00. The molecule has 1 saturated heterocycles. The molecule has 1 fully saturated rings. The quantitative estimate of drug-likeness (QED) is 0.668. The van der Waals surface area contributed by atoms with Crippen LogP contribution in [0, 0.1) is 5.92 Å². The van der Waals surface area contributed by atoms with E-state index in [1.54, 1.807) is 0 Å². The molecule has 1 rings (SSSR count). The molecule has 0 spiro atoms. The molecule has 88 valence electrons. The van der Waals surface area contributed by atoms with E-state index in [-0.39, 0.29) is 0 Å². The fraction of sp³-hybridized carbons (Fsp3) is 0.846. The summed E-state index contributed by atoms with van der Waals surface area (Å²) in [5.41, 5.74) is 1.25. The normalized spacial score (nSPS) is 24.9. The van der Waals surface area contributed by atoms with E-state index in [9.17, 15) is 0 Å². The topological polar surface area (TPSA) is 9.23 Å². The lowest BCUT2D eigenvalue weighted by atomic mass is 9.94. The zero-order valence-corrected chi connectivity index (χ0v) is 11.1. The van der Waals surface area contributed by atoms with E-state index in [1.165, 1.54) is 42.8 Å². The van der Waals surface area contributed by atoms with Gasteiger partial charge < -0.3 is 4.74 Å². The summed E-state index contributed by atoms with van der Waals surface area (Å²) in [6.07, 6.45) is 7.73. The first-order valence-electron chi connectivity index (χ1n) is 6.06. The van der Waals surface area contributed by atoms with Crippen LogP contribution in [0.5, 0.6) is 0 Å². The second kappa shape index (κ2) is 7.21. The highest BCUT2D eigenvalue weighted by Crippen LogP contribution is 2.25.